The van der Waals surface area contributed by atoms with Gasteiger partial charge in [0, 0.05) is 11.8 Å². The lowest BCUT2D eigenvalue weighted by Gasteiger charge is -2.51. The van der Waals surface area contributed by atoms with Gasteiger partial charge in [-0.05, 0) is 74.0 Å². The SMILES string of the molecule is BC(C)(C)c1cnc(-c2ccccc2)cc1-c1ccc2cc(C3(B)CC4CCC3CC4)ccc2c1. The van der Waals surface area contributed by atoms with Gasteiger partial charge in [0.25, 0.3) is 0 Å². The van der Waals surface area contributed by atoms with Crippen molar-refractivity contribution in [3.63, 3.8) is 0 Å². The van der Waals surface area contributed by atoms with Gasteiger partial charge in [0.05, 0.1) is 5.69 Å². The summed E-state index contributed by atoms with van der Waals surface area (Å²) in [6.07, 6.45) is 9.19. The van der Waals surface area contributed by atoms with Gasteiger partial charge in [-0.2, -0.15) is 0 Å². The molecular formula is C32H35B2N. The van der Waals surface area contributed by atoms with Crippen molar-refractivity contribution in [1.82, 2.24) is 4.98 Å². The maximum absolute atomic E-state index is 4.85. The van der Waals surface area contributed by atoms with Gasteiger partial charge in [-0.3, -0.25) is 4.98 Å². The van der Waals surface area contributed by atoms with Crippen LogP contribution in [0.3, 0.4) is 0 Å². The highest BCUT2D eigenvalue weighted by molar-refractivity contribution is 6.17. The molecule has 0 saturated heterocycles. The molecule has 3 aliphatic carbocycles. The Bertz CT molecular complexity index is 1380. The summed E-state index contributed by atoms with van der Waals surface area (Å²) in [4.78, 5) is 4.85. The van der Waals surface area contributed by atoms with E-state index in [1.165, 1.54) is 59.6 Å². The molecule has 4 aromatic rings. The van der Waals surface area contributed by atoms with Gasteiger partial charge >= 0.3 is 0 Å². The fraction of sp³-hybridized carbons (Fsp3) is 0.344. The monoisotopic (exact) mass is 455 g/mol. The minimum absolute atomic E-state index is 0.0191. The van der Waals surface area contributed by atoms with Gasteiger partial charge in [0.15, 0.2) is 0 Å². The molecule has 1 aromatic heterocycles. The van der Waals surface area contributed by atoms with E-state index < -0.39 is 0 Å². The zero-order valence-corrected chi connectivity index (χ0v) is 21.6. The summed E-state index contributed by atoms with van der Waals surface area (Å²) < 4.78 is 0. The van der Waals surface area contributed by atoms with E-state index in [0.29, 0.717) is 5.31 Å². The number of pyridine rings is 1. The van der Waals surface area contributed by atoms with E-state index in [1.54, 1.807) is 5.56 Å². The Morgan fingerprint density at radius 1 is 0.829 bits per heavy atom. The lowest BCUT2D eigenvalue weighted by atomic mass is 9.45. The summed E-state index contributed by atoms with van der Waals surface area (Å²) in [5.41, 5.74) is 7.60. The zero-order chi connectivity index (χ0) is 24.2. The first-order valence-corrected chi connectivity index (χ1v) is 13.4. The Morgan fingerprint density at radius 2 is 1.54 bits per heavy atom. The highest BCUT2D eigenvalue weighted by Gasteiger charge is 2.44. The van der Waals surface area contributed by atoms with Crippen molar-refractivity contribution in [3.05, 3.63) is 90.1 Å². The van der Waals surface area contributed by atoms with Crippen molar-refractivity contribution in [2.75, 3.05) is 0 Å². The van der Waals surface area contributed by atoms with Crippen LogP contribution in [0.15, 0.2) is 79.0 Å². The predicted octanol–water partition coefficient (Wildman–Crippen LogP) is 6.48. The van der Waals surface area contributed by atoms with Crippen LogP contribution in [-0.2, 0) is 10.6 Å². The smallest absolute Gasteiger partial charge is 0.115 e. The molecule has 1 unspecified atom stereocenters. The van der Waals surface area contributed by atoms with Gasteiger partial charge < -0.3 is 0 Å². The van der Waals surface area contributed by atoms with E-state index in [2.05, 4.69) is 109 Å². The lowest BCUT2D eigenvalue weighted by molar-refractivity contribution is 0.118. The van der Waals surface area contributed by atoms with E-state index in [0.717, 1.165) is 23.1 Å². The molecule has 7 rings (SSSR count). The minimum atomic E-state index is 0.0191. The van der Waals surface area contributed by atoms with Crippen molar-refractivity contribution in [1.29, 1.82) is 0 Å². The van der Waals surface area contributed by atoms with Gasteiger partial charge in [0.1, 0.15) is 15.7 Å². The fourth-order valence-corrected chi connectivity index (χ4v) is 6.95. The quantitative estimate of drug-likeness (QED) is 0.321. The van der Waals surface area contributed by atoms with Crippen molar-refractivity contribution >= 4 is 26.5 Å². The number of hydrogen-bond donors (Lipinski definition) is 0. The molecule has 3 aromatic carbocycles. The number of fused-ring (bicyclic) bond motifs is 4. The molecular weight excluding hydrogens is 420 g/mol. The number of hydrogen-bond acceptors (Lipinski definition) is 1. The topological polar surface area (TPSA) is 12.9 Å². The van der Waals surface area contributed by atoms with E-state index in [-0.39, 0.29) is 5.31 Å². The molecule has 0 amide bonds. The molecule has 1 nitrogen and oxygen atoms in total. The summed E-state index contributed by atoms with van der Waals surface area (Å²) in [5.74, 6) is 1.79. The summed E-state index contributed by atoms with van der Waals surface area (Å²) in [5, 5.41) is 3.06. The average molecular weight is 455 g/mol. The van der Waals surface area contributed by atoms with Crippen LogP contribution in [0.5, 0.6) is 0 Å². The average Bonchev–Trinajstić information content (AvgIpc) is 2.88. The van der Waals surface area contributed by atoms with Crippen LogP contribution < -0.4 is 0 Å². The van der Waals surface area contributed by atoms with E-state index in [4.69, 9.17) is 4.98 Å². The van der Waals surface area contributed by atoms with Crippen LogP contribution in [0.25, 0.3) is 33.2 Å². The van der Waals surface area contributed by atoms with Crippen LogP contribution >= 0.6 is 0 Å². The van der Waals surface area contributed by atoms with Crippen molar-refractivity contribution in [2.24, 2.45) is 11.8 Å². The third-order valence-corrected chi connectivity index (χ3v) is 9.05. The number of benzene rings is 3. The Labute approximate surface area is 212 Å². The normalized spacial score (nSPS) is 24.1. The molecule has 0 radical (unpaired) electrons. The molecule has 35 heavy (non-hydrogen) atoms. The zero-order valence-electron chi connectivity index (χ0n) is 21.6. The van der Waals surface area contributed by atoms with Crippen molar-refractivity contribution in [3.8, 4) is 22.4 Å². The van der Waals surface area contributed by atoms with Crippen LogP contribution in [0.1, 0.15) is 57.1 Å². The van der Waals surface area contributed by atoms with E-state index >= 15 is 0 Å². The van der Waals surface area contributed by atoms with E-state index in [9.17, 15) is 0 Å². The maximum atomic E-state index is 4.85. The second kappa shape index (κ2) is 8.40. The molecule has 0 N–H and O–H groups in total. The molecule has 0 aliphatic heterocycles. The number of aromatic nitrogens is 1. The van der Waals surface area contributed by atoms with Crippen LogP contribution in [0.4, 0.5) is 0 Å². The molecule has 1 atom stereocenters. The molecule has 174 valence electrons. The standard InChI is InChI=1S/C32H35B2N/c1-31(2,33)29-20-35-30(22-6-4-3-5-7-22)18-28(29)25-11-10-24-17-27(15-12-23(24)16-25)32(34)19-21-8-13-26(32)14-9-21/h3-7,10-12,15-18,20-21,26H,8-9,13-14,19,33-34H2,1-2H3. The second-order valence-corrected chi connectivity index (χ2v) is 12.3. The molecule has 3 saturated carbocycles. The Hall–Kier alpha value is -2.80. The summed E-state index contributed by atoms with van der Waals surface area (Å²) in [6, 6.07) is 27.1. The second-order valence-electron chi connectivity index (χ2n) is 12.3. The van der Waals surface area contributed by atoms with Crippen LogP contribution in [-0.4, -0.2) is 20.7 Å². The van der Waals surface area contributed by atoms with Gasteiger partial charge in [-0.15, -0.1) is 0 Å². The first kappa shape index (κ1) is 22.7. The number of rotatable bonds is 4. The third kappa shape index (κ3) is 4.03. The molecule has 3 fully saturated rings. The van der Waals surface area contributed by atoms with Gasteiger partial charge in [-0.25, -0.2) is 0 Å². The number of nitrogens with zero attached hydrogens (tertiary/aromatic N) is 1. The van der Waals surface area contributed by atoms with E-state index in [1.807, 2.05) is 0 Å². The summed E-state index contributed by atoms with van der Waals surface area (Å²) >= 11 is 0. The predicted molar refractivity (Wildman–Crippen MR) is 154 cm³/mol. The molecule has 2 bridgehead atoms. The Kier molecular flexibility index (Phi) is 5.44. The van der Waals surface area contributed by atoms with Gasteiger partial charge in [0.2, 0.25) is 0 Å². The van der Waals surface area contributed by atoms with Gasteiger partial charge in [-0.1, -0.05) is 100 Å². The first-order chi connectivity index (χ1) is 16.8. The van der Waals surface area contributed by atoms with Crippen LogP contribution in [0.2, 0.25) is 0 Å². The van der Waals surface area contributed by atoms with Crippen molar-refractivity contribution < 1.29 is 0 Å². The molecule has 3 aliphatic rings. The highest BCUT2D eigenvalue weighted by atomic mass is 14.7. The molecule has 1 heterocycles. The van der Waals surface area contributed by atoms with Crippen LogP contribution in [0, 0.1) is 11.8 Å². The third-order valence-electron chi connectivity index (χ3n) is 9.05. The lowest BCUT2D eigenvalue weighted by Crippen LogP contribution is -2.45. The fourth-order valence-electron chi connectivity index (χ4n) is 6.95. The maximum Gasteiger partial charge on any atom is 0.115 e. The molecule has 0 spiro atoms. The minimum Gasteiger partial charge on any atom is -0.256 e. The highest BCUT2D eigenvalue weighted by Crippen LogP contribution is 2.52. The summed E-state index contributed by atoms with van der Waals surface area (Å²) in [6.45, 7) is 4.56. The van der Waals surface area contributed by atoms with Crippen molar-refractivity contribution in [2.45, 2.75) is 56.6 Å². The first-order valence-electron chi connectivity index (χ1n) is 13.4. The summed E-state index contributed by atoms with van der Waals surface area (Å²) in [7, 11) is 4.82. The Morgan fingerprint density at radius 3 is 2.23 bits per heavy atom. The largest absolute Gasteiger partial charge is 0.256 e. The Balaban J connectivity index is 1.42. The molecule has 3 heteroatoms.